The quantitative estimate of drug-likeness (QED) is 0.264. The van der Waals surface area contributed by atoms with Crippen LogP contribution in [0.15, 0.2) is 71.5 Å². The number of aromatic nitrogens is 2. The van der Waals surface area contributed by atoms with Gasteiger partial charge >= 0.3 is 0 Å². The molecule has 3 aromatic carbocycles. The molecule has 2 heterocycles. The summed E-state index contributed by atoms with van der Waals surface area (Å²) in [5, 5.41) is 24.4. The van der Waals surface area contributed by atoms with E-state index >= 15 is 0 Å². The molecule has 0 aliphatic carbocycles. The zero-order valence-electron chi connectivity index (χ0n) is 27.4. The molecule has 48 heavy (non-hydrogen) atoms. The molecule has 250 valence electrons. The van der Waals surface area contributed by atoms with Crippen LogP contribution in [0.25, 0.3) is 16.5 Å². The van der Waals surface area contributed by atoms with Crippen LogP contribution in [-0.2, 0) is 16.0 Å². The maximum absolute atomic E-state index is 13.8. The molecule has 0 spiro atoms. The van der Waals surface area contributed by atoms with Gasteiger partial charge < -0.3 is 26.0 Å². The van der Waals surface area contributed by atoms with Crippen molar-refractivity contribution in [1.29, 1.82) is 0 Å². The van der Waals surface area contributed by atoms with Gasteiger partial charge in [0.1, 0.15) is 6.04 Å². The van der Waals surface area contributed by atoms with E-state index in [0.29, 0.717) is 41.7 Å². The fourth-order valence-corrected chi connectivity index (χ4v) is 5.83. The minimum atomic E-state index is -1.25. The van der Waals surface area contributed by atoms with E-state index in [1.807, 2.05) is 32.0 Å². The summed E-state index contributed by atoms with van der Waals surface area (Å²) in [7, 11) is 0. The van der Waals surface area contributed by atoms with Crippen molar-refractivity contribution in [2.45, 2.75) is 58.7 Å². The van der Waals surface area contributed by atoms with Gasteiger partial charge in [0.25, 0.3) is 17.4 Å². The van der Waals surface area contributed by atoms with Crippen LogP contribution in [0.3, 0.4) is 0 Å². The highest BCUT2D eigenvalue weighted by Gasteiger charge is 2.29. The second-order valence-corrected chi connectivity index (χ2v) is 12.3. The van der Waals surface area contributed by atoms with E-state index in [1.165, 1.54) is 16.5 Å². The lowest BCUT2D eigenvalue weighted by Crippen LogP contribution is -2.56. The summed E-state index contributed by atoms with van der Waals surface area (Å²) in [6.07, 6.45) is -0.0148. The lowest BCUT2D eigenvalue weighted by molar-refractivity contribution is -0.126. The third-order valence-electron chi connectivity index (χ3n) is 8.46. The van der Waals surface area contributed by atoms with E-state index < -0.39 is 35.9 Å². The Balaban J connectivity index is 1.39. The lowest BCUT2D eigenvalue weighted by atomic mass is 10.00. The second-order valence-electron chi connectivity index (χ2n) is 12.3. The van der Waals surface area contributed by atoms with Gasteiger partial charge in [-0.2, -0.15) is 9.78 Å². The summed E-state index contributed by atoms with van der Waals surface area (Å²) in [5.74, 6) is -1.96. The molecule has 5 rings (SSSR count). The Morgan fingerprint density at radius 2 is 1.67 bits per heavy atom. The number of carbonyl (C=O) groups is 4. The third kappa shape index (κ3) is 7.60. The summed E-state index contributed by atoms with van der Waals surface area (Å²) in [4.78, 5) is 67.7. The van der Waals surface area contributed by atoms with E-state index in [4.69, 9.17) is 0 Å². The first-order valence-electron chi connectivity index (χ1n) is 16.0. The summed E-state index contributed by atoms with van der Waals surface area (Å²) in [6.45, 7) is 6.88. The Morgan fingerprint density at radius 3 is 2.38 bits per heavy atom. The number of rotatable bonds is 3. The first-order valence-corrected chi connectivity index (χ1v) is 16.0. The summed E-state index contributed by atoms with van der Waals surface area (Å²) in [6, 6.07) is 16.9. The van der Waals surface area contributed by atoms with Crippen molar-refractivity contribution < 1.29 is 24.3 Å². The van der Waals surface area contributed by atoms with Crippen LogP contribution in [0.5, 0.6) is 0 Å². The Hall–Kier alpha value is -5.36. The third-order valence-corrected chi connectivity index (χ3v) is 8.46. The Labute approximate surface area is 278 Å². The van der Waals surface area contributed by atoms with Crippen molar-refractivity contribution in [3.05, 3.63) is 105 Å². The number of fused-ring (bicyclic) bond motifs is 3. The molecule has 4 N–H and O–H groups in total. The molecule has 0 radical (unpaired) electrons. The molecule has 2 bridgehead atoms. The van der Waals surface area contributed by atoms with E-state index in [-0.39, 0.29) is 30.1 Å². The normalized spacial score (nSPS) is 18.8. The van der Waals surface area contributed by atoms with Crippen molar-refractivity contribution in [1.82, 2.24) is 30.6 Å². The van der Waals surface area contributed by atoms with Crippen LogP contribution < -0.4 is 21.5 Å². The molecular weight excluding hydrogens is 612 g/mol. The number of hydrogen-bond acceptors (Lipinski definition) is 7. The number of aliphatic hydroxyl groups is 1. The van der Waals surface area contributed by atoms with Gasteiger partial charge in [-0.15, -0.1) is 0 Å². The van der Waals surface area contributed by atoms with Crippen molar-refractivity contribution in [3.8, 4) is 5.69 Å². The Bertz CT molecular complexity index is 1920. The molecule has 3 atom stereocenters. The molecule has 1 aliphatic rings. The number of hydrogen-bond donors (Lipinski definition) is 4. The lowest BCUT2D eigenvalue weighted by Gasteiger charge is -2.28. The highest BCUT2D eigenvalue weighted by atomic mass is 16.3. The van der Waals surface area contributed by atoms with E-state index in [2.05, 4.69) is 21.0 Å². The first kappa shape index (κ1) is 34.0. The van der Waals surface area contributed by atoms with Crippen LogP contribution in [0, 0.1) is 13.8 Å². The van der Waals surface area contributed by atoms with Crippen molar-refractivity contribution >= 4 is 34.4 Å². The van der Waals surface area contributed by atoms with Gasteiger partial charge in [-0.1, -0.05) is 24.3 Å². The number of nitrogens with zero attached hydrogens (tertiary/aromatic N) is 3. The number of aryl methyl sites for hydroxylation is 3. The molecule has 12 heteroatoms. The largest absolute Gasteiger partial charge is 0.391 e. The molecule has 0 saturated heterocycles. The number of amides is 4. The molecule has 1 aliphatic heterocycles. The number of carbonyl (C=O) groups excluding carboxylic acids is 4. The molecular formula is C36H40N6O6. The monoisotopic (exact) mass is 652 g/mol. The maximum atomic E-state index is 13.8. The topological polar surface area (TPSA) is 163 Å². The summed E-state index contributed by atoms with van der Waals surface area (Å²) < 4.78 is 1.29. The predicted molar refractivity (Wildman–Crippen MR) is 181 cm³/mol. The zero-order valence-corrected chi connectivity index (χ0v) is 27.4. The van der Waals surface area contributed by atoms with E-state index in [1.54, 1.807) is 55.5 Å². The molecule has 0 saturated carbocycles. The van der Waals surface area contributed by atoms with Crippen LogP contribution in [-0.4, -0.2) is 81.2 Å². The average Bonchev–Trinajstić information content (AvgIpc) is 3.06. The summed E-state index contributed by atoms with van der Waals surface area (Å²) in [5.41, 5.74) is 3.39. The first-order chi connectivity index (χ1) is 22.9. The summed E-state index contributed by atoms with van der Waals surface area (Å²) >= 11 is 0. The SMILES string of the molecule is Cc1ccc2cc1CCCNC(=O)CN(C(=O)c1ccc(-n3nc(C)c4ccccc4c3=O)cc1)C[C@@H](C)NC(=O)[C@H]([C@@H](C)O)NC2=O. The standard InChI is InChI=1S/C36H40N6O6/c1-21-11-12-27-18-26(21)8-7-17-37-31(44)20-41(19-22(2)38-34(46)32(24(4)43)39-33(27)45)35(47)25-13-15-28(16-14-25)42-36(48)30-10-6-5-9-29(30)23(3)40-42/h5-6,9-16,18,22,24,32,43H,7-8,17,19-20H2,1-4H3,(H,37,44)(H,38,46)(H,39,45)/t22-,24-,32+/m1/s1. The number of nitrogens with one attached hydrogen (secondary N) is 3. The van der Waals surface area contributed by atoms with Gasteiger partial charge in [-0.25, -0.2) is 0 Å². The Kier molecular flexibility index (Phi) is 10.3. The minimum Gasteiger partial charge on any atom is -0.391 e. The molecule has 0 unspecified atom stereocenters. The van der Waals surface area contributed by atoms with Crippen molar-refractivity contribution in [3.63, 3.8) is 0 Å². The highest BCUT2D eigenvalue weighted by Crippen LogP contribution is 2.17. The minimum absolute atomic E-state index is 0.0366. The van der Waals surface area contributed by atoms with Gasteiger partial charge in [-0.05, 0) is 94.1 Å². The van der Waals surface area contributed by atoms with Gasteiger partial charge in [0.2, 0.25) is 11.8 Å². The number of benzene rings is 3. The molecule has 0 fully saturated rings. The second kappa shape index (κ2) is 14.6. The smallest absolute Gasteiger partial charge is 0.279 e. The molecule has 12 nitrogen and oxygen atoms in total. The average molecular weight is 653 g/mol. The van der Waals surface area contributed by atoms with Crippen LogP contribution in [0.4, 0.5) is 0 Å². The van der Waals surface area contributed by atoms with Crippen molar-refractivity contribution in [2.75, 3.05) is 19.6 Å². The zero-order chi connectivity index (χ0) is 34.5. The maximum Gasteiger partial charge on any atom is 0.279 e. The van der Waals surface area contributed by atoms with Gasteiger partial charge in [-0.3, -0.25) is 24.0 Å². The van der Waals surface area contributed by atoms with Crippen LogP contribution in [0.2, 0.25) is 0 Å². The highest BCUT2D eigenvalue weighted by molar-refractivity contribution is 5.98. The molecule has 4 amide bonds. The van der Waals surface area contributed by atoms with Gasteiger partial charge in [0.15, 0.2) is 0 Å². The van der Waals surface area contributed by atoms with Crippen LogP contribution in [0.1, 0.15) is 57.8 Å². The Morgan fingerprint density at radius 1 is 0.958 bits per heavy atom. The fraction of sp³-hybridized carbons (Fsp3) is 0.333. The predicted octanol–water partition coefficient (Wildman–Crippen LogP) is 2.19. The van der Waals surface area contributed by atoms with Crippen LogP contribution >= 0.6 is 0 Å². The molecule has 1 aromatic heterocycles. The fourth-order valence-electron chi connectivity index (χ4n) is 5.83. The van der Waals surface area contributed by atoms with Gasteiger partial charge in [0.05, 0.1) is 29.4 Å². The van der Waals surface area contributed by atoms with Gasteiger partial charge in [0, 0.05) is 35.6 Å². The van der Waals surface area contributed by atoms with E-state index in [9.17, 15) is 29.1 Å². The van der Waals surface area contributed by atoms with Crippen molar-refractivity contribution in [2.24, 2.45) is 0 Å². The molecule has 4 aromatic rings. The van der Waals surface area contributed by atoms with E-state index in [0.717, 1.165) is 16.5 Å². The number of aliphatic hydroxyl groups excluding tert-OH is 1.